The topological polar surface area (TPSA) is 113 Å². The third-order valence-corrected chi connectivity index (χ3v) is 5.86. The molecule has 0 radical (unpaired) electrons. The van der Waals surface area contributed by atoms with Crippen molar-refractivity contribution in [3.8, 4) is 0 Å². The number of nitrogens with one attached hydrogen (secondary N) is 1. The predicted molar refractivity (Wildman–Crippen MR) is 89.7 cm³/mol. The molecule has 1 amide bonds. The maximum Gasteiger partial charge on any atom is 0.326 e. The van der Waals surface area contributed by atoms with E-state index in [0.29, 0.717) is 26.3 Å². The number of nitrogens with zero attached hydrogens (tertiary/aromatic N) is 1. The lowest BCUT2D eigenvalue weighted by Gasteiger charge is -2.26. The number of carboxylic acid groups (broad SMARTS) is 1. The SMILES string of the molecule is CC(C)C(NC(=O)c1ccc(S(=O)(=O)N2CCOCC2)cc1)C(=O)O. The average molecular weight is 370 g/mol. The molecule has 1 aromatic carbocycles. The fourth-order valence-electron chi connectivity index (χ4n) is 2.45. The number of ether oxygens (including phenoxy) is 1. The van der Waals surface area contributed by atoms with Gasteiger partial charge in [-0.15, -0.1) is 0 Å². The summed E-state index contributed by atoms with van der Waals surface area (Å²) in [4.78, 5) is 23.4. The number of benzene rings is 1. The van der Waals surface area contributed by atoms with E-state index in [0.717, 1.165) is 0 Å². The molecule has 2 rings (SSSR count). The van der Waals surface area contributed by atoms with Crippen LogP contribution in [0.3, 0.4) is 0 Å². The van der Waals surface area contributed by atoms with Crippen LogP contribution in [0, 0.1) is 5.92 Å². The maximum atomic E-state index is 12.5. The van der Waals surface area contributed by atoms with E-state index in [1.54, 1.807) is 13.8 Å². The van der Waals surface area contributed by atoms with Gasteiger partial charge in [-0.3, -0.25) is 4.79 Å². The highest BCUT2D eigenvalue weighted by atomic mass is 32.2. The Bertz CT molecular complexity index is 723. The molecule has 0 aromatic heterocycles. The normalized spacial score (nSPS) is 17.2. The van der Waals surface area contributed by atoms with E-state index in [4.69, 9.17) is 9.84 Å². The van der Waals surface area contributed by atoms with Gasteiger partial charge in [0.1, 0.15) is 6.04 Å². The quantitative estimate of drug-likeness (QED) is 0.756. The lowest BCUT2D eigenvalue weighted by Crippen LogP contribution is -2.44. The summed E-state index contributed by atoms with van der Waals surface area (Å²) in [6.45, 7) is 4.67. The van der Waals surface area contributed by atoms with Crippen molar-refractivity contribution in [3.63, 3.8) is 0 Å². The lowest BCUT2D eigenvalue weighted by molar-refractivity contribution is -0.140. The van der Waals surface area contributed by atoms with E-state index in [1.165, 1.54) is 28.6 Å². The van der Waals surface area contributed by atoms with Crippen molar-refractivity contribution in [2.24, 2.45) is 5.92 Å². The van der Waals surface area contributed by atoms with Crippen LogP contribution < -0.4 is 5.32 Å². The highest BCUT2D eigenvalue weighted by Crippen LogP contribution is 2.18. The Kier molecular flexibility index (Phi) is 6.15. The molecule has 0 bridgehead atoms. The van der Waals surface area contributed by atoms with Crippen molar-refractivity contribution in [3.05, 3.63) is 29.8 Å². The van der Waals surface area contributed by atoms with Crippen molar-refractivity contribution >= 4 is 21.9 Å². The van der Waals surface area contributed by atoms with Gasteiger partial charge in [-0.1, -0.05) is 13.8 Å². The first-order valence-corrected chi connectivity index (χ1v) is 9.39. The molecule has 1 unspecified atom stereocenters. The Balaban J connectivity index is 2.13. The molecule has 0 spiro atoms. The average Bonchev–Trinajstić information content (AvgIpc) is 2.59. The summed E-state index contributed by atoms with van der Waals surface area (Å²) in [6.07, 6.45) is 0. The molecule has 0 aliphatic carbocycles. The van der Waals surface area contributed by atoms with Crippen LogP contribution >= 0.6 is 0 Å². The summed E-state index contributed by atoms with van der Waals surface area (Å²) in [5, 5.41) is 11.6. The zero-order valence-corrected chi connectivity index (χ0v) is 15.0. The van der Waals surface area contributed by atoms with E-state index in [2.05, 4.69) is 5.32 Å². The zero-order chi connectivity index (χ0) is 18.6. The van der Waals surface area contributed by atoms with Crippen molar-refractivity contribution in [1.82, 2.24) is 9.62 Å². The smallest absolute Gasteiger partial charge is 0.326 e. The second-order valence-electron chi connectivity index (χ2n) is 6.07. The Labute approximate surface area is 146 Å². The number of aliphatic carboxylic acids is 1. The lowest BCUT2D eigenvalue weighted by atomic mass is 10.0. The van der Waals surface area contributed by atoms with Gasteiger partial charge in [0.2, 0.25) is 10.0 Å². The van der Waals surface area contributed by atoms with Crippen molar-refractivity contribution in [2.45, 2.75) is 24.8 Å². The van der Waals surface area contributed by atoms with E-state index < -0.39 is 27.9 Å². The molecule has 1 atom stereocenters. The predicted octanol–water partition coefficient (Wildman–Crippen LogP) is 0.547. The number of carbonyl (C=O) groups is 2. The number of carboxylic acids is 1. The molecule has 1 aliphatic rings. The van der Waals surface area contributed by atoms with Gasteiger partial charge in [0.15, 0.2) is 0 Å². The summed E-state index contributed by atoms with van der Waals surface area (Å²) in [5.41, 5.74) is 0.202. The van der Waals surface area contributed by atoms with Gasteiger partial charge in [0, 0.05) is 18.7 Å². The van der Waals surface area contributed by atoms with Crippen molar-refractivity contribution in [2.75, 3.05) is 26.3 Å². The molecule has 1 heterocycles. The fourth-order valence-corrected chi connectivity index (χ4v) is 3.86. The first-order chi connectivity index (χ1) is 11.7. The molecule has 1 fully saturated rings. The zero-order valence-electron chi connectivity index (χ0n) is 14.1. The molecule has 0 saturated carbocycles. The molecule has 138 valence electrons. The third kappa shape index (κ3) is 4.56. The Morgan fingerprint density at radius 1 is 1.16 bits per heavy atom. The molecular weight excluding hydrogens is 348 g/mol. The Morgan fingerprint density at radius 3 is 2.20 bits per heavy atom. The van der Waals surface area contributed by atoms with Crippen LogP contribution in [-0.2, 0) is 19.6 Å². The number of hydrogen-bond acceptors (Lipinski definition) is 5. The van der Waals surface area contributed by atoms with Crippen LogP contribution in [-0.4, -0.2) is 62.1 Å². The van der Waals surface area contributed by atoms with Gasteiger partial charge < -0.3 is 15.2 Å². The summed E-state index contributed by atoms with van der Waals surface area (Å²) in [6, 6.07) is 4.45. The summed E-state index contributed by atoms with van der Waals surface area (Å²) >= 11 is 0. The van der Waals surface area contributed by atoms with Crippen LogP contribution in [0.5, 0.6) is 0 Å². The molecule has 25 heavy (non-hydrogen) atoms. The van der Waals surface area contributed by atoms with Crippen LogP contribution in [0.15, 0.2) is 29.2 Å². The number of amides is 1. The Morgan fingerprint density at radius 2 is 1.72 bits per heavy atom. The minimum absolute atomic E-state index is 0.0876. The van der Waals surface area contributed by atoms with Gasteiger partial charge in [0.05, 0.1) is 18.1 Å². The number of morpholine rings is 1. The van der Waals surface area contributed by atoms with E-state index >= 15 is 0 Å². The molecule has 1 aromatic rings. The van der Waals surface area contributed by atoms with Crippen LogP contribution in [0.4, 0.5) is 0 Å². The van der Waals surface area contributed by atoms with E-state index in [-0.39, 0.29) is 16.4 Å². The van der Waals surface area contributed by atoms with Gasteiger partial charge in [-0.25, -0.2) is 13.2 Å². The molecule has 1 saturated heterocycles. The van der Waals surface area contributed by atoms with Gasteiger partial charge in [0.25, 0.3) is 5.91 Å². The fraction of sp³-hybridized carbons (Fsp3) is 0.500. The molecule has 8 nitrogen and oxygen atoms in total. The molecule has 2 N–H and O–H groups in total. The molecule has 9 heteroatoms. The second kappa shape index (κ2) is 7.94. The summed E-state index contributed by atoms with van der Waals surface area (Å²) in [7, 11) is -3.63. The first-order valence-electron chi connectivity index (χ1n) is 7.95. The number of carbonyl (C=O) groups excluding carboxylic acids is 1. The standard InChI is InChI=1S/C16H22N2O6S/c1-11(2)14(16(20)21)17-15(19)12-3-5-13(6-4-12)25(22,23)18-7-9-24-10-8-18/h3-6,11,14H,7-10H2,1-2H3,(H,17,19)(H,20,21). The van der Waals surface area contributed by atoms with Gasteiger partial charge in [-0.05, 0) is 30.2 Å². The number of rotatable bonds is 6. The second-order valence-corrected chi connectivity index (χ2v) is 8.01. The number of hydrogen-bond donors (Lipinski definition) is 2. The summed E-state index contributed by atoms with van der Waals surface area (Å²) < 4.78 is 31.5. The maximum absolute atomic E-state index is 12.5. The van der Waals surface area contributed by atoms with Crippen molar-refractivity contribution < 1.29 is 27.9 Å². The molecular formula is C16H22N2O6S. The number of sulfonamides is 1. The minimum atomic E-state index is -3.63. The van der Waals surface area contributed by atoms with Gasteiger partial charge >= 0.3 is 5.97 Å². The van der Waals surface area contributed by atoms with Gasteiger partial charge in [-0.2, -0.15) is 4.31 Å². The molecule has 1 aliphatic heterocycles. The van der Waals surface area contributed by atoms with Crippen LogP contribution in [0.2, 0.25) is 0 Å². The van der Waals surface area contributed by atoms with E-state index in [9.17, 15) is 18.0 Å². The Hall–Kier alpha value is -1.97. The largest absolute Gasteiger partial charge is 0.480 e. The first kappa shape index (κ1) is 19.4. The van der Waals surface area contributed by atoms with Crippen LogP contribution in [0.1, 0.15) is 24.2 Å². The van der Waals surface area contributed by atoms with E-state index in [1.807, 2.05) is 0 Å². The van der Waals surface area contributed by atoms with Crippen molar-refractivity contribution in [1.29, 1.82) is 0 Å². The third-order valence-electron chi connectivity index (χ3n) is 3.94. The van der Waals surface area contributed by atoms with Crippen LogP contribution in [0.25, 0.3) is 0 Å². The minimum Gasteiger partial charge on any atom is -0.480 e. The monoisotopic (exact) mass is 370 g/mol. The summed E-state index contributed by atoms with van der Waals surface area (Å²) in [5.74, 6) is -1.95. The highest BCUT2D eigenvalue weighted by molar-refractivity contribution is 7.89. The highest BCUT2D eigenvalue weighted by Gasteiger charge is 2.27.